The van der Waals surface area contributed by atoms with Crippen molar-refractivity contribution >= 4 is 11.6 Å². The van der Waals surface area contributed by atoms with Crippen LogP contribution in [0.4, 0.5) is 10.1 Å². The highest BCUT2D eigenvalue weighted by molar-refractivity contribution is 5.78. The quantitative estimate of drug-likeness (QED) is 0.899. The molecule has 0 atom stereocenters. The van der Waals surface area contributed by atoms with Crippen LogP contribution in [0.2, 0.25) is 0 Å². The SMILES string of the molecule is CC(C)(C)CCNC(=O)CN1CCCN(c2ccc(F)cc2)CC1. The van der Waals surface area contributed by atoms with Gasteiger partial charge in [-0.2, -0.15) is 0 Å². The summed E-state index contributed by atoms with van der Waals surface area (Å²) < 4.78 is 13.0. The molecule has 2 rings (SSSR count). The van der Waals surface area contributed by atoms with Crippen LogP contribution in [0.25, 0.3) is 0 Å². The van der Waals surface area contributed by atoms with Crippen molar-refractivity contribution in [1.82, 2.24) is 10.2 Å². The van der Waals surface area contributed by atoms with E-state index in [1.54, 1.807) is 0 Å². The van der Waals surface area contributed by atoms with Gasteiger partial charge in [-0.25, -0.2) is 4.39 Å². The summed E-state index contributed by atoms with van der Waals surface area (Å²) in [4.78, 5) is 16.6. The first kappa shape index (κ1) is 18.7. The van der Waals surface area contributed by atoms with Gasteiger partial charge in [-0.3, -0.25) is 9.69 Å². The maximum absolute atomic E-state index is 13.0. The lowest BCUT2D eigenvalue weighted by atomic mass is 9.92. The van der Waals surface area contributed by atoms with Crippen LogP contribution in [0.15, 0.2) is 24.3 Å². The fourth-order valence-electron chi connectivity index (χ4n) is 2.88. The van der Waals surface area contributed by atoms with Crippen LogP contribution < -0.4 is 10.2 Å². The summed E-state index contributed by atoms with van der Waals surface area (Å²) in [5.41, 5.74) is 1.29. The number of amides is 1. The third-order valence-corrected chi connectivity index (χ3v) is 4.34. The minimum absolute atomic E-state index is 0.106. The Hall–Kier alpha value is -1.62. The number of nitrogens with one attached hydrogen (secondary N) is 1. The minimum Gasteiger partial charge on any atom is -0.370 e. The Labute approximate surface area is 145 Å². The summed E-state index contributed by atoms with van der Waals surface area (Å²) in [7, 11) is 0. The summed E-state index contributed by atoms with van der Waals surface area (Å²) in [6.45, 7) is 11.3. The van der Waals surface area contributed by atoms with Crippen molar-refractivity contribution in [2.75, 3.05) is 44.2 Å². The fraction of sp³-hybridized carbons (Fsp3) is 0.632. The molecule has 0 saturated carbocycles. The van der Waals surface area contributed by atoms with E-state index in [2.05, 4.69) is 35.9 Å². The minimum atomic E-state index is -0.206. The smallest absolute Gasteiger partial charge is 0.234 e. The van der Waals surface area contributed by atoms with Gasteiger partial charge in [0.1, 0.15) is 5.82 Å². The normalized spacial score (nSPS) is 16.8. The van der Waals surface area contributed by atoms with Crippen molar-refractivity contribution in [3.05, 3.63) is 30.1 Å². The number of halogens is 1. The van der Waals surface area contributed by atoms with E-state index in [0.29, 0.717) is 6.54 Å². The van der Waals surface area contributed by atoms with Crippen LogP contribution >= 0.6 is 0 Å². The van der Waals surface area contributed by atoms with Gasteiger partial charge in [0, 0.05) is 38.4 Å². The Kier molecular flexibility index (Phi) is 6.60. The monoisotopic (exact) mass is 335 g/mol. The van der Waals surface area contributed by atoms with E-state index >= 15 is 0 Å². The molecule has 1 saturated heterocycles. The van der Waals surface area contributed by atoms with E-state index in [-0.39, 0.29) is 17.1 Å². The molecule has 24 heavy (non-hydrogen) atoms. The average Bonchev–Trinajstić information content (AvgIpc) is 2.72. The summed E-state index contributed by atoms with van der Waals surface area (Å²) in [6.07, 6.45) is 1.99. The number of nitrogens with zero attached hydrogens (tertiary/aromatic N) is 2. The van der Waals surface area contributed by atoms with Crippen LogP contribution in [0.5, 0.6) is 0 Å². The molecule has 134 valence electrons. The number of carbonyl (C=O) groups excluding carboxylic acids is 1. The van der Waals surface area contributed by atoms with Crippen molar-refractivity contribution in [2.24, 2.45) is 5.41 Å². The van der Waals surface area contributed by atoms with E-state index in [1.807, 2.05) is 12.1 Å². The number of anilines is 1. The van der Waals surface area contributed by atoms with Crippen LogP contribution in [0.3, 0.4) is 0 Å². The number of rotatable bonds is 5. The highest BCUT2D eigenvalue weighted by Gasteiger charge is 2.18. The first-order valence-corrected chi connectivity index (χ1v) is 8.83. The third-order valence-electron chi connectivity index (χ3n) is 4.34. The van der Waals surface area contributed by atoms with Crippen LogP contribution in [-0.2, 0) is 4.79 Å². The van der Waals surface area contributed by atoms with E-state index in [4.69, 9.17) is 0 Å². The standard InChI is InChI=1S/C19H30FN3O/c1-19(2,3)9-10-21-18(24)15-22-11-4-12-23(14-13-22)17-7-5-16(20)6-8-17/h5-8H,4,9-15H2,1-3H3,(H,21,24). The van der Waals surface area contributed by atoms with Gasteiger partial charge in [-0.15, -0.1) is 0 Å². The van der Waals surface area contributed by atoms with Crippen LogP contribution in [0.1, 0.15) is 33.6 Å². The molecule has 0 radical (unpaired) electrons. The predicted molar refractivity (Wildman–Crippen MR) is 96.8 cm³/mol. The van der Waals surface area contributed by atoms with Crippen molar-refractivity contribution in [1.29, 1.82) is 0 Å². The van der Waals surface area contributed by atoms with Crippen LogP contribution in [-0.4, -0.2) is 50.1 Å². The summed E-state index contributed by atoms with van der Waals surface area (Å²) in [6, 6.07) is 6.65. The second-order valence-corrected chi connectivity index (χ2v) is 7.75. The van der Waals surface area contributed by atoms with Gasteiger partial charge in [0.05, 0.1) is 6.54 Å². The highest BCUT2D eigenvalue weighted by Crippen LogP contribution is 2.18. The van der Waals surface area contributed by atoms with E-state index in [0.717, 1.165) is 51.3 Å². The number of benzene rings is 1. The first-order chi connectivity index (χ1) is 11.3. The number of hydrogen-bond donors (Lipinski definition) is 1. The average molecular weight is 335 g/mol. The van der Waals surface area contributed by atoms with Crippen molar-refractivity contribution in [3.63, 3.8) is 0 Å². The summed E-state index contributed by atoms with van der Waals surface area (Å²) >= 11 is 0. The van der Waals surface area contributed by atoms with E-state index < -0.39 is 0 Å². The predicted octanol–water partition coefficient (Wildman–Crippen LogP) is 2.89. The molecule has 0 spiro atoms. The van der Waals surface area contributed by atoms with Crippen molar-refractivity contribution in [2.45, 2.75) is 33.6 Å². The molecule has 1 amide bonds. The van der Waals surface area contributed by atoms with Gasteiger partial charge < -0.3 is 10.2 Å². The molecule has 1 aliphatic rings. The van der Waals surface area contributed by atoms with Gasteiger partial charge in [0.15, 0.2) is 0 Å². The molecule has 0 aliphatic carbocycles. The molecular weight excluding hydrogens is 305 g/mol. The molecule has 1 aromatic carbocycles. The maximum Gasteiger partial charge on any atom is 0.234 e. The Bertz CT molecular complexity index is 524. The number of hydrogen-bond acceptors (Lipinski definition) is 3. The molecule has 1 N–H and O–H groups in total. The summed E-state index contributed by atoms with van der Waals surface area (Å²) in [5.74, 6) is -0.100. The van der Waals surface area contributed by atoms with Gasteiger partial charge in [0.2, 0.25) is 5.91 Å². The molecule has 1 heterocycles. The lowest BCUT2D eigenvalue weighted by Crippen LogP contribution is -2.40. The second kappa shape index (κ2) is 8.47. The van der Waals surface area contributed by atoms with Crippen molar-refractivity contribution < 1.29 is 9.18 Å². The molecule has 0 bridgehead atoms. The second-order valence-electron chi connectivity index (χ2n) is 7.75. The summed E-state index contributed by atoms with van der Waals surface area (Å²) in [5, 5.41) is 3.02. The van der Waals surface area contributed by atoms with Crippen molar-refractivity contribution in [3.8, 4) is 0 Å². The van der Waals surface area contributed by atoms with Gasteiger partial charge in [-0.05, 0) is 42.5 Å². The van der Waals surface area contributed by atoms with Gasteiger partial charge in [-0.1, -0.05) is 20.8 Å². The zero-order valence-electron chi connectivity index (χ0n) is 15.1. The topological polar surface area (TPSA) is 35.6 Å². The Balaban J connectivity index is 1.76. The Morgan fingerprint density at radius 3 is 2.50 bits per heavy atom. The fourth-order valence-corrected chi connectivity index (χ4v) is 2.88. The van der Waals surface area contributed by atoms with Gasteiger partial charge in [0.25, 0.3) is 0 Å². The van der Waals surface area contributed by atoms with E-state index in [9.17, 15) is 9.18 Å². The molecule has 1 aliphatic heterocycles. The molecular formula is C19H30FN3O. The molecule has 0 unspecified atom stereocenters. The third kappa shape index (κ3) is 6.48. The van der Waals surface area contributed by atoms with E-state index in [1.165, 1.54) is 12.1 Å². The zero-order chi connectivity index (χ0) is 17.6. The number of carbonyl (C=O) groups is 1. The zero-order valence-corrected chi connectivity index (χ0v) is 15.1. The van der Waals surface area contributed by atoms with Gasteiger partial charge >= 0.3 is 0 Å². The molecule has 1 aromatic rings. The van der Waals surface area contributed by atoms with Crippen LogP contribution in [0, 0.1) is 11.2 Å². The Morgan fingerprint density at radius 2 is 1.83 bits per heavy atom. The molecule has 5 heteroatoms. The lowest BCUT2D eigenvalue weighted by molar-refractivity contribution is -0.122. The Morgan fingerprint density at radius 1 is 1.12 bits per heavy atom. The molecule has 0 aromatic heterocycles. The molecule has 1 fully saturated rings. The maximum atomic E-state index is 13.0. The molecule has 4 nitrogen and oxygen atoms in total. The lowest BCUT2D eigenvalue weighted by Gasteiger charge is -2.23. The highest BCUT2D eigenvalue weighted by atomic mass is 19.1. The first-order valence-electron chi connectivity index (χ1n) is 8.83. The largest absolute Gasteiger partial charge is 0.370 e.